The van der Waals surface area contributed by atoms with Gasteiger partial charge in [0.1, 0.15) is 5.69 Å². The minimum atomic E-state index is -0.140. The van der Waals surface area contributed by atoms with Gasteiger partial charge in [0.05, 0.1) is 0 Å². The number of rotatable bonds is 7. The van der Waals surface area contributed by atoms with E-state index >= 15 is 0 Å². The molecular weight excluding hydrogens is 228 g/mol. The van der Waals surface area contributed by atoms with Crippen molar-refractivity contribution >= 4 is 11.9 Å². The number of carbonyl (C=O) groups excluding carboxylic acids is 1. The maximum atomic E-state index is 11.8. The first-order chi connectivity index (χ1) is 8.63. The van der Waals surface area contributed by atoms with Gasteiger partial charge in [0.2, 0.25) is 5.95 Å². The Morgan fingerprint density at radius 3 is 2.89 bits per heavy atom. The molecule has 0 aliphatic heterocycles. The quantitative estimate of drug-likeness (QED) is 0.727. The summed E-state index contributed by atoms with van der Waals surface area (Å²) in [5, 5.41) is 5.94. The van der Waals surface area contributed by atoms with Gasteiger partial charge in [0.15, 0.2) is 0 Å². The largest absolute Gasteiger partial charge is 0.354 e. The van der Waals surface area contributed by atoms with Crippen LogP contribution in [-0.2, 0) is 0 Å². The molecular formula is C13H22N4O. The summed E-state index contributed by atoms with van der Waals surface area (Å²) in [4.78, 5) is 20.1. The lowest BCUT2D eigenvalue weighted by Gasteiger charge is -2.08. The van der Waals surface area contributed by atoms with Crippen LogP contribution in [0.15, 0.2) is 12.3 Å². The number of anilines is 1. The minimum Gasteiger partial charge on any atom is -0.354 e. The van der Waals surface area contributed by atoms with Crippen LogP contribution >= 0.6 is 0 Å². The summed E-state index contributed by atoms with van der Waals surface area (Å²) in [5.41, 5.74) is 0.410. The second kappa shape index (κ2) is 7.63. The van der Waals surface area contributed by atoms with Crippen LogP contribution in [0, 0.1) is 5.92 Å². The number of amides is 1. The molecule has 0 unspecified atom stereocenters. The molecule has 18 heavy (non-hydrogen) atoms. The molecule has 1 rings (SSSR count). The van der Waals surface area contributed by atoms with Gasteiger partial charge >= 0.3 is 0 Å². The number of nitrogens with one attached hydrogen (secondary N) is 2. The van der Waals surface area contributed by atoms with E-state index in [1.807, 2.05) is 0 Å². The van der Waals surface area contributed by atoms with Crippen molar-refractivity contribution in [3.8, 4) is 0 Å². The van der Waals surface area contributed by atoms with E-state index in [1.54, 1.807) is 12.3 Å². The normalized spacial score (nSPS) is 10.4. The Hall–Kier alpha value is -1.65. The highest BCUT2D eigenvalue weighted by Gasteiger charge is 2.07. The van der Waals surface area contributed by atoms with E-state index in [0.29, 0.717) is 24.1 Å². The Morgan fingerprint density at radius 2 is 2.22 bits per heavy atom. The molecule has 0 aliphatic rings. The van der Waals surface area contributed by atoms with Gasteiger partial charge in [-0.2, -0.15) is 0 Å². The van der Waals surface area contributed by atoms with Gasteiger partial charge in [-0.3, -0.25) is 4.79 Å². The molecule has 1 aromatic heterocycles. The van der Waals surface area contributed by atoms with Crippen molar-refractivity contribution in [3.63, 3.8) is 0 Å². The minimum absolute atomic E-state index is 0.140. The molecule has 0 aliphatic carbocycles. The Balaban J connectivity index is 2.55. The van der Waals surface area contributed by atoms with E-state index < -0.39 is 0 Å². The van der Waals surface area contributed by atoms with Crippen molar-refractivity contribution in [1.29, 1.82) is 0 Å². The Labute approximate surface area is 108 Å². The monoisotopic (exact) mass is 250 g/mol. The lowest BCUT2D eigenvalue weighted by Crippen LogP contribution is -2.25. The van der Waals surface area contributed by atoms with Gasteiger partial charge in [-0.15, -0.1) is 0 Å². The number of aromatic nitrogens is 2. The third kappa shape index (κ3) is 5.12. The molecule has 0 aromatic carbocycles. The standard InChI is InChI=1S/C13H22N4O/c1-4-5-7-14-12(18)11-6-8-15-13(17-11)16-9-10(2)3/h6,8,10H,4-5,7,9H2,1-3H3,(H,14,18)(H,15,16,17). The van der Waals surface area contributed by atoms with E-state index in [0.717, 1.165) is 19.4 Å². The summed E-state index contributed by atoms with van der Waals surface area (Å²) in [5.74, 6) is 0.876. The highest BCUT2D eigenvalue weighted by Crippen LogP contribution is 2.02. The van der Waals surface area contributed by atoms with Crippen LogP contribution in [0.5, 0.6) is 0 Å². The number of hydrogen-bond donors (Lipinski definition) is 2. The lowest BCUT2D eigenvalue weighted by molar-refractivity contribution is 0.0948. The van der Waals surface area contributed by atoms with Gasteiger partial charge in [-0.05, 0) is 18.4 Å². The summed E-state index contributed by atoms with van der Waals surface area (Å²) in [7, 11) is 0. The predicted octanol–water partition coefficient (Wildman–Crippen LogP) is 2.07. The van der Waals surface area contributed by atoms with Gasteiger partial charge in [0, 0.05) is 19.3 Å². The van der Waals surface area contributed by atoms with Gasteiger partial charge in [0.25, 0.3) is 5.91 Å². The lowest BCUT2D eigenvalue weighted by atomic mass is 10.2. The molecule has 1 amide bonds. The van der Waals surface area contributed by atoms with Crippen LogP contribution in [0.3, 0.4) is 0 Å². The van der Waals surface area contributed by atoms with Gasteiger partial charge in [-0.1, -0.05) is 27.2 Å². The first-order valence-electron chi connectivity index (χ1n) is 6.48. The molecule has 0 saturated heterocycles. The van der Waals surface area contributed by atoms with Crippen molar-refractivity contribution in [1.82, 2.24) is 15.3 Å². The molecule has 2 N–H and O–H groups in total. The Bertz CT molecular complexity index is 379. The highest BCUT2D eigenvalue weighted by atomic mass is 16.1. The zero-order valence-electron chi connectivity index (χ0n) is 11.4. The number of carbonyl (C=O) groups is 1. The summed E-state index contributed by atoms with van der Waals surface area (Å²) in [6, 6.07) is 1.63. The second-order valence-electron chi connectivity index (χ2n) is 4.65. The molecule has 1 aromatic rings. The van der Waals surface area contributed by atoms with Crippen molar-refractivity contribution in [2.45, 2.75) is 33.6 Å². The van der Waals surface area contributed by atoms with Crippen LogP contribution in [0.4, 0.5) is 5.95 Å². The van der Waals surface area contributed by atoms with E-state index in [9.17, 15) is 4.79 Å². The van der Waals surface area contributed by atoms with Gasteiger partial charge < -0.3 is 10.6 Å². The fourth-order valence-electron chi connectivity index (χ4n) is 1.33. The first-order valence-corrected chi connectivity index (χ1v) is 6.48. The number of unbranched alkanes of at least 4 members (excludes halogenated alkanes) is 1. The van der Waals surface area contributed by atoms with Gasteiger partial charge in [-0.25, -0.2) is 9.97 Å². The van der Waals surface area contributed by atoms with E-state index in [1.165, 1.54) is 0 Å². The molecule has 0 atom stereocenters. The molecule has 0 spiro atoms. The molecule has 0 fully saturated rings. The van der Waals surface area contributed by atoms with Crippen LogP contribution in [0.1, 0.15) is 44.1 Å². The molecule has 5 heteroatoms. The SMILES string of the molecule is CCCCNC(=O)c1ccnc(NCC(C)C)n1. The molecule has 0 saturated carbocycles. The average molecular weight is 250 g/mol. The fraction of sp³-hybridized carbons (Fsp3) is 0.615. The topological polar surface area (TPSA) is 66.9 Å². The van der Waals surface area contributed by atoms with Crippen molar-refractivity contribution in [3.05, 3.63) is 18.0 Å². The zero-order valence-corrected chi connectivity index (χ0v) is 11.4. The zero-order chi connectivity index (χ0) is 13.4. The summed E-state index contributed by atoms with van der Waals surface area (Å²) < 4.78 is 0. The molecule has 1 heterocycles. The van der Waals surface area contributed by atoms with E-state index in [-0.39, 0.29) is 5.91 Å². The fourth-order valence-corrected chi connectivity index (χ4v) is 1.33. The maximum absolute atomic E-state index is 11.8. The van der Waals surface area contributed by atoms with Crippen LogP contribution in [-0.4, -0.2) is 29.0 Å². The Morgan fingerprint density at radius 1 is 1.44 bits per heavy atom. The number of hydrogen-bond acceptors (Lipinski definition) is 4. The van der Waals surface area contributed by atoms with E-state index in [2.05, 4.69) is 41.4 Å². The van der Waals surface area contributed by atoms with Crippen molar-refractivity contribution in [2.24, 2.45) is 5.92 Å². The predicted molar refractivity (Wildman–Crippen MR) is 72.6 cm³/mol. The third-order valence-corrected chi connectivity index (χ3v) is 2.37. The molecule has 0 bridgehead atoms. The maximum Gasteiger partial charge on any atom is 0.270 e. The molecule has 5 nitrogen and oxygen atoms in total. The van der Waals surface area contributed by atoms with Crippen LogP contribution < -0.4 is 10.6 Å². The number of nitrogens with zero attached hydrogens (tertiary/aromatic N) is 2. The summed E-state index contributed by atoms with van der Waals surface area (Å²) >= 11 is 0. The molecule has 0 radical (unpaired) electrons. The van der Waals surface area contributed by atoms with E-state index in [4.69, 9.17) is 0 Å². The summed E-state index contributed by atoms with van der Waals surface area (Å²) in [6.45, 7) is 7.78. The van der Waals surface area contributed by atoms with Crippen molar-refractivity contribution < 1.29 is 4.79 Å². The van der Waals surface area contributed by atoms with Crippen LogP contribution in [0.25, 0.3) is 0 Å². The average Bonchev–Trinajstić information content (AvgIpc) is 2.37. The molecule has 100 valence electrons. The third-order valence-electron chi connectivity index (χ3n) is 2.37. The highest BCUT2D eigenvalue weighted by molar-refractivity contribution is 5.92. The smallest absolute Gasteiger partial charge is 0.270 e. The summed E-state index contributed by atoms with van der Waals surface area (Å²) in [6.07, 6.45) is 3.64. The van der Waals surface area contributed by atoms with Crippen LogP contribution in [0.2, 0.25) is 0 Å². The second-order valence-corrected chi connectivity index (χ2v) is 4.65. The first kappa shape index (κ1) is 14.4. The Kier molecular flexibility index (Phi) is 6.11. The van der Waals surface area contributed by atoms with Crippen molar-refractivity contribution in [2.75, 3.05) is 18.4 Å².